The molecule has 1 N–H and O–H groups in total. The van der Waals surface area contributed by atoms with Gasteiger partial charge in [0.15, 0.2) is 0 Å². The van der Waals surface area contributed by atoms with Crippen molar-refractivity contribution in [2.45, 2.75) is 18.8 Å². The number of hydrogen-bond donors (Lipinski definition) is 1. The summed E-state index contributed by atoms with van der Waals surface area (Å²) in [5.41, 5.74) is 1.27. The highest BCUT2D eigenvalue weighted by atomic mass is 79.9. The first-order valence-electron chi connectivity index (χ1n) is 4.27. The number of halogens is 2. The molecule has 0 aliphatic carbocycles. The Hall–Kier alpha value is -0.0500. The van der Waals surface area contributed by atoms with Crippen molar-refractivity contribution in [2.75, 3.05) is 6.54 Å². The Labute approximate surface area is 92.6 Å². The second-order valence-corrected chi connectivity index (χ2v) is 4.70. The van der Waals surface area contributed by atoms with Crippen LogP contribution in [0, 0.1) is 0 Å². The normalized spacial score (nSPS) is 12.8. The van der Waals surface area contributed by atoms with Crippen molar-refractivity contribution in [1.29, 1.82) is 0 Å². The molecule has 0 fully saturated rings. The molecule has 3 heteroatoms. The summed E-state index contributed by atoms with van der Waals surface area (Å²) >= 11 is 9.23. The highest BCUT2D eigenvalue weighted by Crippen LogP contribution is 2.11. The Morgan fingerprint density at radius 1 is 1.54 bits per heavy atom. The third kappa shape index (κ3) is 4.65. The Balaban J connectivity index is 2.37. The number of benzene rings is 1. The number of nitrogens with one attached hydrogen (secondary N) is 1. The first-order chi connectivity index (χ1) is 6.18. The summed E-state index contributed by atoms with van der Waals surface area (Å²) in [5.74, 6) is 0. The van der Waals surface area contributed by atoms with E-state index in [0.29, 0.717) is 0 Å². The summed E-state index contributed by atoms with van der Waals surface area (Å²) in [6.07, 6.45) is 0. The monoisotopic (exact) mass is 261 g/mol. The van der Waals surface area contributed by atoms with Crippen LogP contribution in [0.2, 0.25) is 0 Å². The number of alkyl halides is 1. The molecule has 1 unspecified atom stereocenters. The maximum Gasteiger partial charge on any atom is 0.0432 e. The number of hydrogen-bond acceptors (Lipinski definition) is 1. The average molecular weight is 263 g/mol. The van der Waals surface area contributed by atoms with Crippen LogP contribution < -0.4 is 5.32 Å². The molecule has 0 bridgehead atoms. The van der Waals surface area contributed by atoms with Gasteiger partial charge in [-0.3, -0.25) is 0 Å². The lowest BCUT2D eigenvalue weighted by Crippen LogP contribution is -2.20. The summed E-state index contributed by atoms with van der Waals surface area (Å²) in [6.45, 7) is 3.69. The van der Waals surface area contributed by atoms with Gasteiger partial charge in [-0.25, -0.2) is 0 Å². The van der Waals surface area contributed by atoms with E-state index in [0.717, 1.165) is 17.6 Å². The van der Waals surface area contributed by atoms with Crippen molar-refractivity contribution in [3.05, 3.63) is 34.3 Å². The largest absolute Gasteiger partial charge is 0.311 e. The molecule has 72 valence electrons. The third-order valence-corrected chi connectivity index (χ3v) is 2.29. The topological polar surface area (TPSA) is 12.0 Å². The molecule has 0 saturated carbocycles. The zero-order valence-electron chi connectivity index (χ0n) is 7.56. The Morgan fingerprint density at radius 2 is 2.31 bits per heavy atom. The van der Waals surface area contributed by atoms with Crippen LogP contribution in [-0.4, -0.2) is 11.9 Å². The van der Waals surface area contributed by atoms with Crippen molar-refractivity contribution in [2.24, 2.45) is 0 Å². The van der Waals surface area contributed by atoms with Gasteiger partial charge >= 0.3 is 0 Å². The van der Waals surface area contributed by atoms with Gasteiger partial charge in [0.05, 0.1) is 0 Å². The fourth-order valence-corrected chi connectivity index (χ4v) is 1.62. The average Bonchev–Trinajstić information content (AvgIpc) is 2.03. The van der Waals surface area contributed by atoms with E-state index in [1.807, 2.05) is 19.1 Å². The van der Waals surface area contributed by atoms with E-state index in [1.165, 1.54) is 5.56 Å². The molecule has 1 atom stereocenters. The fraction of sp³-hybridized carbons (Fsp3) is 0.400. The Morgan fingerprint density at radius 3 is 2.92 bits per heavy atom. The molecule has 1 aromatic carbocycles. The van der Waals surface area contributed by atoms with Crippen molar-refractivity contribution >= 4 is 27.5 Å². The molecule has 13 heavy (non-hydrogen) atoms. The summed E-state index contributed by atoms with van der Waals surface area (Å²) < 4.78 is 1.12. The van der Waals surface area contributed by atoms with E-state index in [2.05, 4.69) is 33.4 Å². The highest BCUT2D eigenvalue weighted by molar-refractivity contribution is 9.10. The molecule has 0 amide bonds. The van der Waals surface area contributed by atoms with Gasteiger partial charge in [-0.2, -0.15) is 0 Å². The van der Waals surface area contributed by atoms with Crippen molar-refractivity contribution in [3.63, 3.8) is 0 Å². The minimum absolute atomic E-state index is 0.187. The molecule has 1 nitrogen and oxygen atoms in total. The van der Waals surface area contributed by atoms with E-state index < -0.39 is 0 Å². The Kier molecular flexibility index (Phi) is 4.78. The van der Waals surface area contributed by atoms with E-state index >= 15 is 0 Å². The van der Waals surface area contributed by atoms with Gasteiger partial charge in [-0.15, -0.1) is 11.6 Å². The molecular formula is C10H13BrClN. The maximum atomic E-state index is 5.80. The summed E-state index contributed by atoms with van der Waals surface area (Å²) in [5, 5.41) is 3.46. The van der Waals surface area contributed by atoms with Gasteiger partial charge in [0.1, 0.15) is 0 Å². The quantitative estimate of drug-likeness (QED) is 0.822. The van der Waals surface area contributed by atoms with Crippen molar-refractivity contribution in [3.8, 4) is 0 Å². The van der Waals surface area contributed by atoms with E-state index in [4.69, 9.17) is 11.6 Å². The van der Waals surface area contributed by atoms with Crippen molar-refractivity contribution in [1.82, 2.24) is 5.32 Å². The van der Waals surface area contributed by atoms with Gasteiger partial charge < -0.3 is 5.32 Å². The molecule has 0 aliphatic rings. The second-order valence-electron chi connectivity index (χ2n) is 3.04. The SMILES string of the molecule is CC(Cl)CNCc1cccc(Br)c1. The highest BCUT2D eigenvalue weighted by Gasteiger charge is 1.96. The van der Waals surface area contributed by atoms with Crippen LogP contribution in [0.5, 0.6) is 0 Å². The minimum Gasteiger partial charge on any atom is -0.311 e. The third-order valence-electron chi connectivity index (χ3n) is 1.64. The zero-order valence-corrected chi connectivity index (χ0v) is 9.90. The van der Waals surface area contributed by atoms with Crippen LogP contribution in [0.25, 0.3) is 0 Å². The van der Waals surface area contributed by atoms with Crippen LogP contribution in [0.1, 0.15) is 12.5 Å². The molecular weight excluding hydrogens is 249 g/mol. The molecule has 1 aromatic rings. The lowest BCUT2D eigenvalue weighted by atomic mass is 10.2. The lowest BCUT2D eigenvalue weighted by molar-refractivity contribution is 0.680. The zero-order chi connectivity index (χ0) is 9.68. The van der Waals surface area contributed by atoms with Crippen LogP contribution in [0.4, 0.5) is 0 Å². The van der Waals surface area contributed by atoms with Gasteiger partial charge in [0.25, 0.3) is 0 Å². The van der Waals surface area contributed by atoms with Gasteiger partial charge in [0, 0.05) is 22.9 Å². The molecule has 0 saturated heterocycles. The first-order valence-corrected chi connectivity index (χ1v) is 5.50. The molecule has 0 aliphatic heterocycles. The second kappa shape index (κ2) is 5.63. The van der Waals surface area contributed by atoms with E-state index in [9.17, 15) is 0 Å². The van der Waals surface area contributed by atoms with E-state index in [-0.39, 0.29) is 5.38 Å². The van der Waals surface area contributed by atoms with Crippen LogP contribution in [-0.2, 0) is 6.54 Å². The van der Waals surface area contributed by atoms with Gasteiger partial charge in [-0.05, 0) is 24.6 Å². The van der Waals surface area contributed by atoms with Crippen LogP contribution in [0.3, 0.4) is 0 Å². The predicted octanol–water partition coefficient (Wildman–Crippen LogP) is 3.17. The summed E-state index contributed by atoms with van der Waals surface area (Å²) in [6, 6.07) is 8.25. The number of rotatable bonds is 4. The molecule has 0 aromatic heterocycles. The Bertz CT molecular complexity index is 263. The van der Waals surface area contributed by atoms with Gasteiger partial charge in [0.2, 0.25) is 0 Å². The first kappa shape index (κ1) is 11.0. The maximum absolute atomic E-state index is 5.80. The van der Waals surface area contributed by atoms with Crippen molar-refractivity contribution < 1.29 is 0 Å². The van der Waals surface area contributed by atoms with Crippen LogP contribution >= 0.6 is 27.5 Å². The smallest absolute Gasteiger partial charge is 0.0432 e. The lowest BCUT2D eigenvalue weighted by Gasteiger charge is -2.06. The fourth-order valence-electron chi connectivity index (χ4n) is 1.06. The van der Waals surface area contributed by atoms with Crippen LogP contribution in [0.15, 0.2) is 28.7 Å². The van der Waals surface area contributed by atoms with Gasteiger partial charge in [-0.1, -0.05) is 28.1 Å². The standard InChI is InChI=1S/C10H13BrClN/c1-8(12)6-13-7-9-3-2-4-10(11)5-9/h2-5,8,13H,6-7H2,1H3. The minimum atomic E-state index is 0.187. The van der Waals surface area contributed by atoms with E-state index in [1.54, 1.807) is 0 Å². The molecule has 1 rings (SSSR count). The molecule has 0 heterocycles. The molecule has 0 spiro atoms. The summed E-state index contributed by atoms with van der Waals surface area (Å²) in [7, 11) is 0. The molecule has 0 radical (unpaired) electrons. The summed E-state index contributed by atoms with van der Waals surface area (Å²) in [4.78, 5) is 0. The predicted molar refractivity (Wildman–Crippen MR) is 61.2 cm³/mol.